The van der Waals surface area contributed by atoms with E-state index in [1.807, 2.05) is 67.7 Å². The highest BCUT2D eigenvalue weighted by molar-refractivity contribution is 5.39. The van der Waals surface area contributed by atoms with E-state index in [0.29, 0.717) is 0 Å². The first-order chi connectivity index (χ1) is 8.18. The molecule has 0 unspecified atom stereocenters. The number of nitrogens with zero attached hydrogens (tertiary/aromatic N) is 2. The van der Waals surface area contributed by atoms with Crippen molar-refractivity contribution in [3.05, 3.63) is 59.8 Å². The lowest BCUT2D eigenvalue weighted by Crippen LogP contribution is -2.14. The van der Waals surface area contributed by atoms with Gasteiger partial charge in [-0.15, -0.1) is 0 Å². The second kappa shape index (κ2) is 4.97. The molecular weight excluding hydrogens is 210 g/mol. The zero-order valence-electron chi connectivity index (χ0n) is 10.2. The molecule has 0 aliphatic rings. The van der Waals surface area contributed by atoms with Gasteiger partial charge in [-0.1, -0.05) is 36.4 Å². The first kappa shape index (κ1) is 11.6. The Morgan fingerprint density at radius 2 is 1.71 bits per heavy atom. The van der Waals surface area contributed by atoms with Crippen molar-refractivity contribution in [2.45, 2.75) is 6.04 Å². The molecule has 0 saturated carbocycles. The fraction of sp³-hybridized carbons (Fsp3) is 0.214. The van der Waals surface area contributed by atoms with Gasteiger partial charge in [0.2, 0.25) is 0 Å². The minimum absolute atomic E-state index is 0.111. The van der Waals surface area contributed by atoms with Gasteiger partial charge in [-0.05, 0) is 17.2 Å². The highest BCUT2D eigenvalue weighted by Crippen LogP contribution is 2.19. The fourth-order valence-electron chi connectivity index (χ4n) is 1.70. The van der Waals surface area contributed by atoms with Crippen LogP contribution in [-0.4, -0.2) is 19.1 Å². The Kier molecular flexibility index (Phi) is 3.40. The van der Waals surface area contributed by atoms with E-state index >= 15 is 0 Å². The average Bonchev–Trinajstić information content (AvgIpc) is 2.39. The third-order valence-corrected chi connectivity index (χ3v) is 2.75. The number of benzene rings is 1. The van der Waals surface area contributed by atoms with Crippen LogP contribution in [0.2, 0.25) is 0 Å². The van der Waals surface area contributed by atoms with Gasteiger partial charge >= 0.3 is 0 Å². The molecule has 1 atom stereocenters. The summed E-state index contributed by atoms with van der Waals surface area (Å²) in [6.45, 7) is 0. The highest BCUT2D eigenvalue weighted by Gasteiger charge is 2.08. The Balaban J connectivity index is 2.23. The lowest BCUT2D eigenvalue weighted by molar-refractivity contribution is 0.861. The van der Waals surface area contributed by atoms with Gasteiger partial charge in [0.05, 0.1) is 6.04 Å². The topological polar surface area (TPSA) is 42.1 Å². The van der Waals surface area contributed by atoms with E-state index in [4.69, 9.17) is 5.73 Å². The Hall–Kier alpha value is -1.87. The third kappa shape index (κ3) is 2.63. The van der Waals surface area contributed by atoms with Gasteiger partial charge in [0.25, 0.3) is 0 Å². The molecule has 0 fully saturated rings. The van der Waals surface area contributed by atoms with Crippen molar-refractivity contribution in [2.24, 2.45) is 5.73 Å². The van der Waals surface area contributed by atoms with Crippen LogP contribution in [-0.2, 0) is 0 Å². The van der Waals surface area contributed by atoms with E-state index in [1.54, 1.807) is 0 Å². The number of hydrogen-bond acceptors (Lipinski definition) is 3. The first-order valence-electron chi connectivity index (χ1n) is 5.62. The number of aromatic nitrogens is 1. The minimum Gasteiger partial charge on any atom is -0.363 e. The van der Waals surface area contributed by atoms with Crippen LogP contribution < -0.4 is 10.6 Å². The summed E-state index contributed by atoms with van der Waals surface area (Å²) >= 11 is 0. The van der Waals surface area contributed by atoms with E-state index < -0.39 is 0 Å². The van der Waals surface area contributed by atoms with Crippen LogP contribution in [0.25, 0.3) is 0 Å². The summed E-state index contributed by atoms with van der Waals surface area (Å²) < 4.78 is 0. The van der Waals surface area contributed by atoms with Gasteiger partial charge < -0.3 is 10.6 Å². The molecule has 88 valence electrons. The molecule has 17 heavy (non-hydrogen) atoms. The SMILES string of the molecule is CN(C)c1ccc([C@@H](N)c2ccccc2)cn1. The molecule has 0 radical (unpaired) electrons. The van der Waals surface area contributed by atoms with Crippen molar-refractivity contribution in [3.63, 3.8) is 0 Å². The van der Waals surface area contributed by atoms with E-state index in [-0.39, 0.29) is 6.04 Å². The molecule has 1 aromatic carbocycles. The molecule has 3 heteroatoms. The molecule has 2 aromatic rings. The standard InChI is InChI=1S/C14H17N3/c1-17(2)13-9-8-12(10-16-13)14(15)11-6-4-3-5-7-11/h3-10,14H,15H2,1-2H3/t14-/m0/s1. The Morgan fingerprint density at radius 1 is 1.00 bits per heavy atom. The van der Waals surface area contributed by atoms with Crippen LogP contribution in [0.1, 0.15) is 17.2 Å². The van der Waals surface area contributed by atoms with E-state index in [9.17, 15) is 0 Å². The quantitative estimate of drug-likeness (QED) is 0.874. The van der Waals surface area contributed by atoms with Crippen LogP contribution in [0.3, 0.4) is 0 Å². The summed E-state index contributed by atoms with van der Waals surface area (Å²) in [6.07, 6.45) is 1.84. The van der Waals surface area contributed by atoms with Crippen molar-refractivity contribution in [1.29, 1.82) is 0 Å². The predicted octanol–water partition coefficient (Wildman–Crippen LogP) is 2.20. The van der Waals surface area contributed by atoms with Crippen molar-refractivity contribution in [3.8, 4) is 0 Å². The molecule has 0 spiro atoms. The zero-order chi connectivity index (χ0) is 12.3. The summed E-state index contributed by atoms with van der Waals surface area (Å²) in [7, 11) is 3.94. The van der Waals surface area contributed by atoms with Crippen molar-refractivity contribution >= 4 is 5.82 Å². The normalized spacial score (nSPS) is 12.2. The van der Waals surface area contributed by atoms with Gasteiger partial charge in [0.1, 0.15) is 5.82 Å². The Labute approximate surface area is 102 Å². The van der Waals surface area contributed by atoms with Gasteiger partial charge in [-0.25, -0.2) is 4.98 Å². The largest absolute Gasteiger partial charge is 0.363 e. The van der Waals surface area contributed by atoms with Crippen LogP contribution in [0, 0.1) is 0 Å². The molecule has 0 saturated heterocycles. The van der Waals surface area contributed by atoms with Crippen molar-refractivity contribution < 1.29 is 0 Å². The first-order valence-corrected chi connectivity index (χ1v) is 5.62. The minimum atomic E-state index is -0.111. The van der Waals surface area contributed by atoms with E-state index in [2.05, 4.69) is 4.98 Å². The maximum atomic E-state index is 6.19. The predicted molar refractivity (Wildman–Crippen MR) is 71.0 cm³/mol. The van der Waals surface area contributed by atoms with Gasteiger partial charge in [-0.3, -0.25) is 0 Å². The summed E-state index contributed by atoms with van der Waals surface area (Å²) in [5.41, 5.74) is 8.32. The number of hydrogen-bond donors (Lipinski definition) is 1. The summed E-state index contributed by atoms with van der Waals surface area (Å²) in [5, 5.41) is 0. The number of rotatable bonds is 3. The lowest BCUT2D eigenvalue weighted by atomic mass is 10.0. The van der Waals surface area contributed by atoms with Crippen LogP contribution in [0.15, 0.2) is 48.7 Å². The Bertz CT molecular complexity index is 463. The molecule has 1 aromatic heterocycles. The van der Waals surface area contributed by atoms with Gasteiger partial charge in [0, 0.05) is 20.3 Å². The molecule has 1 heterocycles. The fourth-order valence-corrected chi connectivity index (χ4v) is 1.70. The maximum absolute atomic E-state index is 6.19. The Morgan fingerprint density at radius 3 is 2.24 bits per heavy atom. The molecule has 3 nitrogen and oxygen atoms in total. The maximum Gasteiger partial charge on any atom is 0.127 e. The molecular formula is C14H17N3. The second-order valence-corrected chi connectivity index (χ2v) is 4.23. The van der Waals surface area contributed by atoms with Crippen molar-refractivity contribution in [2.75, 3.05) is 19.0 Å². The summed E-state index contributed by atoms with van der Waals surface area (Å²) in [6, 6.07) is 13.9. The zero-order valence-corrected chi connectivity index (χ0v) is 10.2. The summed E-state index contributed by atoms with van der Waals surface area (Å²) in [5.74, 6) is 0.939. The lowest BCUT2D eigenvalue weighted by Gasteiger charge is -2.15. The molecule has 0 amide bonds. The third-order valence-electron chi connectivity index (χ3n) is 2.75. The summed E-state index contributed by atoms with van der Waals surface area (Å²) in [4.78, 5) is 6.34. The van der Waals surface area contributed by atoms with Crippen LogP contribution in [0.5, 0.6) is 0 Å². The van der Waals surface area contributed by atoms with E-state index in [1.165, 1.54) is 0 Å². The highest BCUT2D eigenvalue weighted by atomic mass is 15.1. The molecule has 2 rings (SSSR count). The van der Waals surface area contributed by atoms with Gasteiger partial charge in [-0.2, -0.15) is 0 Å². The molecule has 0 bridgehead atoms. The number of anilines is 1. The van der Waals surface area contributed by atoms with Crippen molar-refractivity contribution in [1.82, 2.24) is 4.98 Å². The molecule has 2 N–H and O–H groups in total. The average molecular weight is 227 g/mol. The molecule has 0 aliphatic carbocycles. The smallest absolute Gasteiger partial charge is 0.127 e. The van der Waals surface area contributed by atoms with Gasteiger partial charge in [0.15, 0.2) is 0 Å². The van der Waals surface area contributed by atoms with Crippen LogP contribution in [0.4, 0.5) is 5.82 Å². The monoisotopic (exact) mass is 227 g/mol. The number of pyridine rings is 1. The number of nitrogens with two attached hydrogens (primary N) is 1. The van der Waals surface area contributed by atoms with Crippen LogP contribution >= 0.6 is 0 Å². The molecule has 0 aliphatic heterocycles. The second-order valence-electron chi connectivity index (χ2n) is 4.23. The van der Waals surface area contributed by atoms with E-state index in [0.717, 1.165) is 16.9 Å².